The number of rotatable bonds is 5. The van der Waals surface area contributed by atoms with Crippen LogP contribution in [-0.2, 0) is 6.42 Å². The second kappa shape index (κ2) is 7.16. The van der Waals surface area contributed by atoms with Gasteiger partial charge in [0.05, 0.1) is 27.0 Å². The molecule has 0 bridgehead atoms. The molecule has 0 saturated heterocycles. The van der Waals surface area contributed by atoms with Gasteiger partial charge < -0.3 is 14.2 Å². The van der Waals surface area contributed by atoms with Gasteiger partial charge in [-0.2, -0.15) is 0 Å². The maximum atomic E-state index is 5.70. The quantitative estimate of drug-likeness (QED) is 0.502. The first-order chi connectivity index (χ1) is 13.2. The van der Waals surface area contributed by atoms with E-state index in [1.807, 2.05) is 18.3 Å². The van der Waals surface area contributed by atoms with Crippen LogP contribution in [-0.4, -0.2) is 26.3 Å². The van der Waals surface area contributed by atoms with Gasteiger partial charge in [-0.1, -0.05) is 42.5 Å². The van der Waals surface area contributed by atoms with Gasteiger partial charge >= 0.3 is 0 Å². The molecular weight excluding hydrogens is 338 g/mol. The molecule has 0 unspecified atom stereocenters. The molecule has 0 aliphatic rings. The van der Waals surface area contributed by atoms with Crippen molar-refractivity contribution in [1.29, 1.82) is 0 Å². The Labute approximate surface area is 158 Å². The Kier molecular flexibility index (Phi) is 4.55. The van der Waals surface area contributed by atoms with E-state index in [2.05, 4.69) is 47.4 Å². The van der Waals surface area contributed by atoms with Gasteiger partial charge in [-0.3, -0.25) is 4.98 Å². The average Bonchev–Trinajstić information content (AvgIpc) is 2.72. The minimum atomic E-state index is 0.584. The number of pyridine rings is 1. The lowest BCUT2D eigenvalue weighted by Gasteiger charge is -2.16. The number of methoxy groups -OCH3 is 3. The van der Waals surface area contributed by atoms with Gasteiger partial charge in [0.2, 0.25) is 5.75 Å². The first-order valence-corrected chi connectivity index (χ1v) is 8.79. The fourth-order valence-electron chi connectivity index (χ4n) is 3.55. The summed E-state index contributed by atoms with van der Waals surface area (Å²) in [5.41, 5.74) is 2.14. The molecule has 4 heteroatoms. The average molecular weight is 359 g/mol. The molecule has 4 aromatic rings. The van der Waals surface area contributed by atoms with Crippen LogP contribution in [0.15, 0.2) is 60.8 Å². The van der Waals surface area contributed by atoms with Crippen LogP contribution in [0.5, 0.6) is 17.2 Å². The number of hydrogen-bond donors (Lipinski definition) is 0. The highest BCUT2D eigenvalue weighted by Gasteiger charge is 2.19. The Morgan fingerprint density at radius 2 is 1.52 bits per heavy atom. The molecule has 4 rings (SSSR count). The van der Waals surface area contributed by atoms with Crippen molar-refractivity contribution in [1.82, 2.24) is 4.98 Å². The van der Waals surface area contributed by atoms with Gasteiger partial charge in [-0.25, -0.2) is 0 Å². The molecule has 4 nitrogen and oxygen atoms in total. The van der Waals surface area contributed by atoms with Crippen LogP contribution in [0.1, 0.15) is 11.3 Å². The second-order valence-corrected chi connectivity index (χ2v) is 6.36. The molecule has 0 spiro atoms. The number of benzene rings is 3. The van der Waals surface area contributed by atoms with Crippen LogP contribution in [0, 0.1) is 0 Å². The topological polar surface area (TPSA) is 40.6 Å². The number of ether oxygens (including phenoxy) is 3. The summed E-state index contributed by atoms with van der Waals surface area (Å²) in [6.07, 6.45) is 2.53. The van der Waals surface area contributed by atoms with E-state index < -0.39 is 0 Å². The Bertz CT molecular complexity index is 1120. The standard InChI is InChI=1S/C23H21NO3/c1-25-20-14-18-10-11-24-19(21(18)23(27-3)22(20)26-2)13-15-8-9-16-6-4-5-7-17(16)12-15/h4-12,14H,13H2,1-3H3. The van der Waals surface area contributed by atoms with Crippen LogP contribution in [0.4, 0.5) is 0 Å². The molecule has 1 aromatic heterocycles. The Balaban J connectivity index is 1.87. The summed E-state index contributed by atoms with van der Waals surface area (Å²) in [6.45, 7) is 0. The molecule has 27 heavy (non-hydrogen) atoms. The van der Waals surface area contributed by atoms with E-state index in [1.54, 1.807) is 21.3 Å². The van der Waals surface area contributed by atoms with Crippen molar-refractivity contribution >= 4 is 21.5 Å². The highest BCUT2D eigenvalue weighted by molar-refractivity contribution is 5.95. The fourth-order valence-corrected chi connectivity index (χ4v) is 3.55. The van der Waals surface area contributed by atoms with E-state index in [1.165, 1.54) is 16.3 Å². The molecule has 3 aromatic carbocycles. The van der Waals surface area contributed by atoms with E-state index >= 15 is 0 Å². The first-order valence-electron chi connectivity index (χ1n) is 8.79. The van der Waals surface area contributed by atoms with Crippen molar-refractivity contribution in [2.45, 2.75) is 6.42 Å². The molecule has 1 heterocycles. The van der Waals surface area contributed by atoms with Gasteiger partial charge in [0.1, 0.15) is 0 Å². The van der Waals surface area contributed by atoms with E-state index in [0.29, 0.717) is 23.7 Å². The van der Waals surface area contributed by atoms with E-state index in [9.17, 15) is 0 Å². The molecule has 0 radical (unpaired) electrons. The van der Waals surface area contributed by atoms with E-state index in [-0.39, 0.29) is 0 Å². The molecule has 0 saturated carbocycles. The summed E-state index contributed by atoms with van der Waals surface area (Å²) in [6, 6.07) is 18.8. The predicted octanol–water partition coefficient (Wildman–Crippen LogP) is 5.00. The number of fused-ring (bicyclic) bond motifs is 2. The van der Waals surface area contributed by atoms with Crippen molar-refractivity contribution in [3.8, 4) is 17.2 Å². The van der Waals surface area contributed by atoms with Crippen molar-refractivity contribution in [2.75, 3.05) is 21.3 Å². The molecular formula is C23H21NO3. The Morgan fingerprint density at radius 3 is 2.26 bits per heavy atom. The van der Waals surface area contributed by atoms with Crippen molar-refractivity contribution < 1.29 is 14.2 Å². The summed E-state index contributed by atoms with van der Waals surface area (Å²) in [5, 5.41) is 4.42. The highest BCUT2D eigenvalue weighted by Crippen LogP contribution is 2.44. The zero-order valence-electron chi connectivity index (χ0n) is 15.7. The Hall–Kier alpha value is -3.27. The van der Waals surface area contributed by atoms with Gasteiger partial charge in [0.15, 0.2) is 11.5 Å². The van der Waals surface area contributed by atoms with Gasteiger partial charge in [0, 0.05) is 18.0 Å². The minimum absolute atomic E-state index is 0.584. The summed E-state index contributed by atoms with van der Waals surface area (Å²) >= 11 is 0. The minimum Gasteiger partial charge on any atom is -0.493 e. The smallest absolute Gasteiger partial charge is 0.204 e. The predicted molar refractivity (Wildman–Crippen MR) is 108 cm³/mol. The first kappa shape index (κ1) is 17.2. The third-order valence-corrected chi connectivity index (χ3v) is 4.82. The summed E-state index contributed by atoms with van der Waals surface area (Å²) in [4.78, 5) is 4.65. The van der Waals surface area contributed by atoms with Crippen molar-refractivity contribution in [2.24, 2.45) is 0 Å². The Morgan fingerprint density at radius 1 is 0.741 bits per heavy atom. The van der Waals surface area contributed by atoms with Crippen LogP contribution in [0.2, 0.25) is 0 Å². The molecule has 136 valence electrons. The van der Waals surface area contributed by atoms with Crippen LogP contribution in [0.3, 0.4) is 0 Å². The molecule has 0 fully saturated rings. The van der Waals surface area contributed by atoms with Gasteiger partial charge in [-0.15, -0.1) is 0 Å². The maximum Gasteiger partial charge on any atom is 0.204 e. The lowest BCUT2D eigenvalue weighted by atomic mass is 10.00. The summed E-state index contributed by atoms with van der Waals surface area (Å²) in [7, 11) is 4.88. The lowest BCUT2D eigenvalue weighted by Crippen LogP contribution is -2.00. The molecule has 0 atom stereocenters. The maximum absolute atomic E-state index is 5.70. The molecule has 0 N–H and O–H groups in total. The summed E-state index contributed by atoms with van der Waals surface area (Å²) in [5.74, 6) is 1.88. The number of hydrogen-bond acceptors (Lipinski definition) is 4. The second-order valence-electron chi connectivity index (χ2n) is 6.36. The fraction of sp³-hybridized carbons (Fsp3) is 0.174. The number of aromatic nitrogens is 1. The zero-order valence-corrected chi connectivity index (χ0v) is 15.7. The van der Waals surface area contributed by atoms with Gasteiger partial charge in [-0.05, 0) is 33.9 Å². The van der Waals surface area contributed by atoms with E-state index in [4.69, 9.17) is 14.2 Å². The molecule has 0 amide bonds. The third-order valence-electron chi connectivity index (χ3n) is 4.82. The van der Waals surface area contributed by atoms with Crippen LogP contribution < -0.4 is 14.2 Å². The van der Waals surface area contributed by atoms with Crippen LogP contribution >= 0.6 is 0 Å². The largest absolute Gasteiger partial charge is 0.493 e. The third kappa shape index (κ3) is 3.04. The highest BCUT2D eigenvalue weighted by atomic mass is 16.5. The van der Waals surface area contributed by atoms with Crippen LogP contribution in [0.25, 0.3) is 21.5 Å². The van der Waals surface area contributed by atoms with Gasteiger partial charge in [0.25, 0.3) is 0 Å². The normalized spacial score (nSPS) is 10.9. The summed E-state index contributed by atoms with van der Waals surface area (Å²) < 4.78 is 16.7. The zero-order chi connectivity index (χ0) is 18.8. The molecule has 0 aliphatic carbocycles. The SMILES string of the molecule is COc1cc2ccnc(Cc3ccc4ccccc4c3)c2c(OC)c1OC. The lowest BCUT2D eigenvalue weighted by molar-refractivity contribution is 0.327. The number of nitrogens with zero attached hydrogens (tertiary/aromatic N) is 1. The van der Waals surface area contributed by atoms with E-state index in [0.717, 1.165) is 16.5 Å². The monoisotopic (exact) mass is 359 g/mol. The van der Waals surface area contributed by atoms with Crippen molar-refractivity contribution in [3.63, 3.8) is 0 Å². The van der Waals surface area contributed by atoms with Crippen molar-refractivity contribution in [3.05, 3.63) is 72.1 Å². The molecule has 0 aliphatic heterocycles.